The van der Waals surface area contributed by atoms with Crippen molar-refractivity contribution in [2.24, 2.45) is 5.92 Å². The van der Waals surface area contributed by atoms with E-state index in [4.69, 9.17) is 0 Å². The Kier molecular flexibility index (Phi) is 5.54. The molecule has 0 amide bonds. The molecule has 0 bridgehead atoms. The summed E-state index contributed by atoms with van der Waals surface area (Å²) in [6.45, 7) is 11.1. The van der Waals surface area contributed by atoms with Crippen molar-refractivity contribution in [3.8, 4) is 0 Å². The van der Waals surface area contributed by atoms with Crippen molar-refractivity contribution < 1.29 is 0 Å². The van der Waals surface area contributed by atoms with Crippen molar-refractivity contribution in [1.82, 2.24) is 5.32 Å². The van der Waals surface area contributed by atoms with E-state index in [1.54, 1.807) is 0 Å². The third-order valence-electron chi connectivity index (χ3n) is 2.79. The van der Waals surface area contributed by atoms with Gasteiger partial charge in [-0.3, -0.25) is 0 Å². The van der Waals surface area contributed by atoms with Crippen LogP contribution in [0.2, 0.25) is 0 Å². The maximum absolute atomic E-state index is 3.44. The summed E-state index contributed by atoms with van der Waals surface area (Å²) < 4.78 is 0. The number of rotatable bonds is 6. The number of hydrogen-bond donors (Lipinski definition) is 1. The third kappa shape index (κ3) is 4.36. The predicted molar refractivity (Wildman–Crippen MR) is 71.7 cm³/mol. The van der Waals surface area contributed by atoms with Gasteiger partial charge >= 0.3 is 0 Å². The Morgan fingerprint density at radius 1 is 1.25 bits per heavy atom. The van der Waals surface area contributed by atoms with Crippen LogP contribution in [0.1, 0.15) is 43.9 Å². The number of benzene rings is 1. The van der Waals surface area contributed by atoms with Gasteiger partial charge in [0.05, 0.1) is 0 Å². The minimum atomic E-state index is 0.739. The van der Waals surface area contributed by atoms with Gasteiger partial charge in [0.1, 0.15) is 0 Å². The second kappa shape index (κ2) is 6.70. The Hall–Kier alpha value is -0.820. The normalized spacial score (nSPS) is 11.1. The van der Waals surface area contributed by atoms with Gasteiger partial charge in [0.2, 0.25) is 0 Å². The minimum absolute atomic E-state index is 0.739. The molecule has 0 saturated carbocycles. The van der Waals surface area contributed by atoms with Crippen LogP contribution in [0.15, 0.2) is 18.2 Å². The van der Waals surface area contributed by atoms with E-state index in [1.807, 2.05) is 0 Å². The summed E-state index contributed by atoms with van der Waals surface area (Å²) in [4.78, 5) is 0. The molecule has 0 radical (unpaired) electrons. The molecule has 1 rings (SSSR count). The molecule has 0 heterocycles. The molecule has 0 spiro atoms. The standard InChI is InChI=1S/C15H25N/c1-5-8-16-11-14-6-7-15(9-12(2)3)13(4)10-14/h6-7,10,12,16H,5,8-9,11H2,1-4H3. The van der Waals surface area contributed by atoms with Crippen molar-refractivity contribution in [3.63, 3.8) is 0 Å². The first kappa shape index (κ1) is 13.2. The second-order valence-electron chi connectivity index (χ2n) is 5.04. The zero-order chi connectivity index (χ0) is 12.0. The molecule has 1 heteroatoms. The molecule has 1 aromatic rings. The van der Waals surface area contributed by atoms with Crippen LogP contribution in [0, 0.1) is 12.8 Å². The predicted octanol–water partition coefficient (Wildman–Crippen LogP) is 3.69. The van der Waals surface area contributed by atoms with Crippen molar-refractivity contribution in [3.05, 3.63) is 34.9 Å². The molecule has 1 nitrogen and oxygen atoms in total. The fraction of sp³-hybridized carbons (Fsp3) is 0.600. The van der Waals surface area contributed by atoms with E-state index in [9.17, 15) is 0 Å². The van der Waals surface area contributed by atoms with Gasteiger partial charge in [-0.1, -0.05) is 39.0 Å². The van der Waals surface area contributed by atoms with E-state index in [2.05, 4.69) is 51.2 Å². The average Bonchev–Trinajstić information content (AvgIpc) is 2.22. The Morgan fingerprint density at radius 3 is 2.56 bits per heavy atom. The number of hydrogen-bond acceptors (Lipinski definition) is 1. The lowest BCUT2D eigenvalue weighted by Crippen LogP contribution is -2.14. The average molecular weight is 219 g/mol. The summed E-state index contributed by atoms with van der Waals surface area (Å²) in [5.41, 5.74) is 4.33. The molecule has 0 saturated heterocycles. The Morgan fingerprint density at radius 2 is 2.00 bits per heavy atom. The second-order valence-corrected chi connectivity index (χ2v) is 5.04. The highest BCUT2D eigenvalue weighted by molar-refractivity contribution is 5.31. The maximum atomic E-state index is 3.44. The van der Waals surface area contributed by atoms with Crippen LogP contribution < -0.4 is 5.32 Å². The van der Waals surface area contributed by atoms with Crippen LogP contribution in [0.3, 0.4) is 0 Å². The molecule has 0 unspecified atom stereocenters. The summed E-state index contributed by atoms with van der Waals surface area (Å²) in [5.74, 6) is 0.739. The third-order valence-corrected chi connectivity index (χ3v) is 2.79. The zero-order valence-electron chi connectivity index (χ0n) is 11.1. The molecule has 0 atom stereocenters. The molecule has 0 aliphatic rings. The number of aryl methyl sites for hydroxylation is 1. The fourth-order valence-electron chi connectivity index (χ4n) is 1.95. The smallest absolute Gasteiger partial charge is 0.0205 e. The van der Waals surface area contributed by atoms with Gasteiger partial charge in [-0.2, -0.15) is 0 Å². The Bertz CT molecular complexity index is 315. The summed E-state index contributed by atoms with van der Waals surface area (Å²) in [5, 5.41) is 3.44. The van der Waals surface area contributed by atoms with Gasteiger partial charge in [0.25, 0.3) is 0 Å². The molecular formula is C15H25N. The van der Waals surface area contributed by atoms with E-state index in [0.29, 0.717) is 0 Å². The lowest BCUT2D eigenvalue weighted by molar-refractivity contribution is 0.643. The molecule has 90 valence electrons. The molecule has 0 aromatic heterocycles. The fourth-order valence-corrected chi connectivity index (χ4v) is 1.95. The van der Waals surface area contributed by atoms with Gasteiger partial charge in [-0.25, -0.2) is 0 Å². The van der Waals surface area contributed by atoms with E-state index in [-0.39, 0.29) is 0 Å². The first-order valence-corrected chi connectivity index (χ1v) is 6.42. The van der Waals surface area contributed by atoms with Crippen LogP contribution in [0.5, 0.6) is 0 Å². The lowest BCUT2D eigenvalue weighted by Gasteiger charge is -2.11. The van der Waals surface area contributed by atoms with Crippen LogP contribution in [0.25, 0.3) is 0 Å². The van der Waals surface area contributed by atoms with Gasteiger partial charge in [0.15, 0.2) is 0 Å². The monoisotopic (exact) mass is 219 g/mol. The van der Waals surface area contributed by atoms with Gasteiger partial charge in [-0.05, 0) is 48.9 Å². The quantitative estimate of drug-likeness (QED) is 0.719. The first-order valence-electron chi connectivity index (χ1n) is 6.42. The topological polar surface area (TPSA) is 12.0 Å². The SMILES string of the molecule is CCCNCc1ccc(CC(C)C)c(C)c1. The van der Waals surface area contributed by atoms with E-state index in [1.165, 1.54) is 29.5 Å². The molecular weight excluding hydrogens is 194 g/mol. The molecule has 0 aliphatic heterocycles. The van der Waals surface area contributed by atoms with E-state index in [0.717, 1.165) is 19.0 Å². The molecule has 1 N–H and O–H groups in total. The Labute approximate surface area is 100 Å². The molecule has 0 fully saturated rings. The van der Waals surface area contributed by atoms with Crippen molar-refractivity contribution in [2.75, 3.05) is 6.54 Å². The number of nitrogens with one attached hydrogen (secondary N) is 1. The van der Waals surface area contributed by atoms with Gasteiger partial charge < -0.3 is 5.32 Å². The van der Waals surface area contributed by atoms with E-state index >= 15 is 0 Å². The molecule has 16 heavy (non-hydrogen) atoms. The molecule has 0 aliphatic carbocycles. The lowest BCUT2D eigenvalue weighted by atomic mass is 9.97. The summed E-state index contributed by atoms with van der Waals surface area (Å²) in [6, 6.07) is 6.87. The van der Waals surface area contributed by atoms with Crippen LogP contribution in [0.4, 0.5) is 0 Å². The summed E-state index contributed by atoms with van der Waals surface area (Å²) >= 11 is 0. The minimum Gasteiger partial charge on any atom is -0.313 e. The molecule has 1 aromatic carbocycles. The van der Waals surface area contributed by atoms with Crippen molar-refractivity contribution >= 4 is 0 Å². The first-order chi connectivity index (χ1) is 7.63. The Balaban J connectivity index is 2.60. The van der Waals surface area contributed by atoms with Crippen LogP contribution in [-0.2, 0) is 13.0 Å². The van der Waals surface area contributed by atoms with Crippen molar-refractivity contribution in [2.45, 2.75) is 47.1 Å². The van der Waals surface area contributed by atoms with Gasteiger partial charge in [0, 0.05) is 6.54 Å². The van der Waals surface area contributed by atoms with Crippen molar-refractivity contribution in [1.29, 1.82) is 0 Å². The van der Waals surface area contributed by atoms with Crippen LogP contribution >= 0.6 is 0 Å². The zero-order valence-corrected chi connectivity index (χ0v) is 11.1. The van der Waals surface area contributed by atoms with E-state index < -0.39 is 0 Å². The van der Waals surface area contributed by atoms with Crippen LogP contribution in [-0.4, -0.2) is 6.54 Å². The summed E-state index contributed by atoms with van der Waals surface area (Å²) in [6.07, 6.45) is 2.39. The highest BCUT2D eigenvalue weighted by Crippen LogP contribution is 2.15. The highest BCUT2D eigenvalue weighted by Gasteiger charge is 2.02. The maximum Gasteiger partial charge on any atom is 0.0205 e. The summed E-state index contributed by atoms with van der Waals surface area (Å²) in [7, 11) is 0. The largest absolute Gasteiger partial charge is 0.313 e. The van der Waals surface area contributed by atoms with Gasteiger partial charge in [-0.15, -0.1) is 0 Å². The highest BCUT2D eigenvalue weighted by atomic mass is 14.8.